The third kappa shape index (κ3) is 39.9. The van der Waals surface area contributed by atoms with Gasteiger partial charge in [-0.1, -0.05) is 142 Å². The molecule has 0 aliphatic heterocycles. The highest BCUT2D eigenvalue weighted by atomic mass is 16.4. The molecule has 0 aromatic carbocycles. The van der Waals surface area contributed by atoms with Gasteiger partial charge in [-0.3, -0.25) is 9.59 Å². The van der Waals surface area contributed by atoms with Crippen LogP contribution in [0.25, 0.3) is 0 Å². The smallest absolute Gasteiger partial charge is 0.303 e. The molecular formula is C32H62O4. The predicted molar refractivity (Wildman–Crippen MR) is 156 cm³/mol. The quantitative estimate of drug-likeness (QED) is 0.0851. The molecule has 36 heavy (non-hydrogen) atoms. The topological polar surface area (TPSA) is 74.6 Å². The average Bonchev–Trinajstić information content (AvgIpc) is 2.85. The number of hydrogen-bond donors (Lipinski definition) is 2. The van der Waals surface area contributed by atoms with E-state index >= 15 is 0 Å². The molecule has 0 spiro atoms. The third-order valence-corrected chi connectivity index (χ3v) is 6.65. The Labute approximate surface area is 224 Å². The van der Waals surface area contributed by atoms with Crippen LogP contribution in [0.1, 0.15) is 181 Å². The maximum Gasteiger partial charge on any atom is 0.303 e. The second-order valence-corrected chi connectivity index (χ2v) is 10.4. The van der Waals surface area contributed by atoms with Gasteiger partial charge in [0, 0.05) is 12.8 Å². The second-order valence-electron chi connectivity index (χ2n) is 10.4. The summed E-state index contributed by atoms with van der Waals surface area (Å²) < 4.78 is 0. The van der Waals surface area contributed by atoms with Crippen molar-refractivity contribution >= 4 is 11.9 Å². The van der Waals surface area contributed by atoms with E-state index in [2.05, 4.69) is 26.0 Å². The monoisotopic (exact) mass is 510 g/mol. The van der Waals surface area contributed by atoms with Crippen LogP contribution in [0.5, 0.6) is 0 Å². The first-order valence-corrected chi connectivity index (χ1v) is 15.6. The molecule has 0 amide bonds. The van der Waals surface area contributed by atoms with Gasteiger partial charge in [0.1, 0.15) is 0 Å². The zero-order valence-electron chi connectivity index (χ0n) is 24.3. The number of aliphatic carboxylic acids is 2. The van der Waals surface area contributed by atoms with Crippen molar-refractivity contribution in [2.75, 3.05) is 0 Å². The molecule has 0 heterocycles. The fourth-order valence-corrected chi connectivity index (χ4v) is 4.29. The summed E-state index contributed by atoms with van der Waals surface area (Å²) in [6.07, 6.45) is 35.6. The molecule has 0 radical (unpaired) electrons. The zero-order chi connectivity index (χ0) is 27.0. The molecule has 0 aliphatic rings. The summed E-state index contributed by atoms with van der Waals surface area (Å²) >= 11 is 0. The Balaban J connectivity index is 0. The first kappa shape index (κ1) is 36.8. The molecular weight excluding hydrogens is 448 g/mol. The molecule has 0 aromatic heterocycles. The molecule has 4 nitrogen and oxygen atoms in total. The van der Waals surface area contributed by atoms with Gasteiger partial charge in [-0.2, -0.15) is 0 Å². The van der Waals surface area contributed by atoms with Gasteiger partial charge in [-0.15, -0.1) is 0 Å². The standard InChI is InChI=1S/C18H34O2.C14H28O2/c1-2-3-4-5-6-7-8-9-10-11-12-13-14-15-16-17-18(19)20;1-2-3-4-5-6-7-8-9-10-11-12-13-14(15)16/h9-10H,2-8,11-17H2,1H3,(H,19,20);2-13H2,1H3,(H,15,16)/b10-9-;. The zero-order valence-corrected chi connectivity index (χ0v) is 24.3. The number of hydrogen-bond acceptors (Lipinski definition) is 2. The lowest BCUT2D eigenvalue weighted by molar-refractivity contribution is -0.138. The Bertz CT molecular complexity index is 473. The van der Waals surface area contributed by atoms with E-state index in [1.165, 1.54) is 128 Å². The lowest BCUT2D eigenvalue weighted by Crippen LogP contribution is -1.93. The Kier molecular flexibility index (Phi) is 34.5. The number of carboxylic acids is 2. The second kappa shape index (κ2) is 33.7. The van der Waals surface area contributed by atoms with Crippen molar-refractivity contribution in [1.29, 1.82) is 0 Å². The number of carbonyl (C=O) groups is 2. The van der Waals surface area contributed by atoms with Crippen LogP contribution in [0.2, 0.25) is 0 Å². The van der Waals surface area contributed by atoms with E-state index in [4.69, 9.17) is 10.2 Å². The van der Waals surface area contributed by atoms with Crippen molar-refractivity contribution in [2.45, 2.75) is 181 Å². The predicted octanol–water partition coefficient (Wildman–Crippen LogP) is 10.9. The molecule has 0 saturated carbocycles. The average molecular weight is 511 g/mol. The summed E-state index contributed by atoms with van der Waals surface area (Å²) in [4.78, 5) is 20.6. The van der Waals surface area contributed by atoms with Crippen molar-refractivity contribution < 1.29 is 19.8 Å². The summed E-state index contributed by atoms with van der Waals surface area (Å²) in [5.41, 5.74) is 0. The van der Waals surface area contributed by atoms with Crippen LogP contribution in [0.15, 0.2) is 12.2 Å². The van der Waals surface area contributed by atoms with Crippen LogP contribution in [0.3, 0.4) is 0 Å². The minimum Gasteiger partial charge on any atom is -0.481 e. The molecule has 4 heteroatoms. The van der Waals surface area contributed by atoms with E-state index in [9.17, 15) is 9.59 Å². The number of rotatable bonds is 27. The van der Waals surface area contributed by atoms with Gasteiger partial charge in [0.25, 0.3) is 0 Å². The van der Waals surface area contributed by atoms with Crippen LogP contribution in [0.4, 0.5) is 0 Å². The van der Waals surface area contributed by atoms with Crippen LogP contribution in [-0.2, 0) is 9.59 Å². The lowest BCUT2D eigenvalue weighted by atomic mass is 10.1. The van der Waals surface area contributed by atoms with Gasteiger partial charge in [-0.25, -0.2) is 0 Å². The molecule has 0 aliphatic carbocycles. The Hall–Kier alpha value is -1.32. The highest BCUT2D eigenvalue weighted by molar-refractivity contribution is 5.66. The molecule has 0 fully saturated rings. The van der Waals surface area contributed by atoms with Crippen LogP contribution >= 0.6 is 0 Å². The van der Waals surface area contributed by atoms with Crippen LogP contribution in [0, 0.1) is 0 Å². The molecule has 0 atom stereocenters. The lowest BCUT2D eigenvalue weighted by Gasteiger charge is -2.01. The summed E-state index contributed by atoms with van der Waals surface area (Å²) in [7, 11) is 0. The summed E-state index contributed by atoms with van der Waals surface area (Å²) in [5.74, 6) is -1.32. The first-order chi connectivity index (χ1) is 17.5. The number of unbranched alkanes of at least 4 members (excludes halogenated alkanes) is 21. The van der Waals surface area contributed by atoms with Crippen molar-refractivity contribution in [3.8, 4) is 0 Å². The van der Waals surface area contributed by atoms with Crippen molar-refractivity contribution in [2.24, 2.45) is 0 Å². The van der Waals surface area contributed by atoms with Gasteiger partial charge < -0.3 is 10.2 Å². The van der Waals surface area contributed by atoms with E-state index in [-0.39, 0.29) is 0 Å². The SMILES string of the molecule is CCCCCCCC/C=C\CCCCCCCC(=O)O.CCCCCCCCCCCCCC(=O)O. The molecule has 0 saturated heterocycles. The highest BCUT2D eigenvalue weighted by Gasteiger charge is 1.97. The molecule has 0 aromatic rings. The van der Waals surface area contributed by atoms with E-state index in [0.717, 1.165) is 25.7 Å². The Morgan fingerprint density at radius 2 is 0.667 bits per heavy atom. The third-order valence-electron chi connectivity index (χ3n) is 6.65. The maximum atomic E-state index is 10.3. The van der Waals surface area contributed by atoms with Crippen LogP contribution < -0.4 is 0 Å². The Morgan fingerprint density at radius 1 is 0.417 bits per heavy atom. The maximum absolute atomic E-state index is 10.3. The Morgan fingerprint density at radius 3 is 0.944 bits per heavy atom. The number of carboxylic acid groups (broad SMARTS) is 2. The summed E-state index contributed by atoms with van der Waals surface area (Å²) in [6.45, 7) is 4.51. The minimum atomic E-state index is -0.664. The van der Waals surface area contributed by atoms with Gasteiger partial charge in [0.05, 0.1) is 0 Å². The molecule has 2 N–H and O–H groups in total. The van der Waals surface area contributed by atoms with Gasteiger partial charge in [0.15, 0.2) is 0 Å². The molecule has 0 bridgehead atoms. The van der Waals surface area contributed by atoms with Gasteiger partial charge >= 0.3 is 11.9 Å². The van der Waals surface area contributed by atoms with Gasteiger partial charge in [-0.05, 0) is 38.5 Å². The summed E-state index contributed by atoms with van der Waals surface area (Å²) in [6, 6.07) is 0. The van der Waals surface area contributed by atoms with E-state index in [1.54, 1.807) is 0 Å². The molecule has 0 unspecified atom stereocenters. The summed E-state index contributed by atoms with van der Waals surface area (Å²) in [5, 5.41) is 17.0. The van der Waals surface area contributed by atoms with Crippen LogP contribution in [-0.4, -0.2) is 22.2 Å². The number of allylic oxidation sites excluding steroid dienone is 2. The van der Waals surface area contributed by atoms with E-state index in [1.807, 2.05) is 0 Å². The van der Waals surface area contributed by atoms with Crippen molar-refractivity contribution in [3.05, 3.63) is 12.2 Å². The molecule has 214 valence electrons. The normalized spacial score (nSPS) is 10.9. The largest absolute Gasteiger partial charge is 0.481 e. The van der Waals surface area contributed by atoms with Crippen molar-refractivity contribution in [1.82, 2.24) is 0 Å². The molecule has 0 rings (SSSR count). The highest BCUT2D eigenvalue weighted by Crippen LogP contribution is 2.12. The van der Waals surface area contributed by atoms with Gasteiger partial charge in [0.2, 0.25) is 0 Å². The van der Waals surface area contributed by atoms with E-state index < -0.39 is 11.9 Å². The fraction of sp³-hybridized carbons (Fsp3) is 0.875. The van der Waals surface area contributed by atoms with Crippen molar-refractivity contribution in [3.63, 3.8) is 0 Å². The first-order valence-electron chi connectivity index (χ1n) is 15.6. The minimum absolute atomic E-state index is 0.332. The van der Waals surface area contributed by atoms with E-state index in [0.29, 0.717) is 12.8 Å². The fourth-order valence-electron chi connectivity index (χ4n) is 4.29.